The molecular weight excluding hydrogens is 331 g/mol. The van der Waals surface area contributed by atoms with E-state index in [0.717, 1.165) is 11.1 Å². The number of benzene rings is 2. The molecule has 0 heterocycles. The number of hydrogen-bond donors (Lipinski definition) is 2. The van der Waals surface area contributed by atoms with Crippen LogP contribution in [0.25, 0.3) is 0 Å². The molecule has 0 saturated carbocycles. The van der Waals surface area contributed by atoms with Crippen molar-refractivity contribution in [1.29, 1.82) is 0 Å². The Kier molecular flexibility index (Phi) is 7.16. The normalized spacial score (nSPS) is 11.2. The monoisotopic (exact) mass is 358 g/mol. The molecule has 1 amide bonds. The number of halogens is 1. The fourth-order valence-corrected chi connectivity index (χ4v) is 2.46. The summed E-state index contributed by atoms with van der Waals surface area (Å²) in [5.41, 5.74) is 1.56. The molecule has 0 aliphatic carbocycles. The molecule has 0 radical (unpaired) electrons. The quantitative estimate of drug-likeness (QED) is 0.711. The second kappa shape index (κ2) is 9.34. The zero-order valence-electron chi connectivity index (χ0n) is 15.6. The predicted octanol–water partition coefficient (Wildman–Crippen LogP) is 3.45. The van der Waals surface area contributed by atoms with Crippen molar-refractivity contribution in [3.8, 4) is 5.75 Å². The van der Waals surface area contributed by atoms with E-state index in [4.69, 9.17) is 4.74 Å². The van der Waals surface area contributed by atoms with Gasteiger partial charge in [0.2, 0.25) is 0 Å². The van der Waals surface area contributed by atoms with Gasteiger partial charge in [0, 0.05) is 12.1 Å². The summed E-state index contributed by atoms with van der Waals surface area (Å²) in [5.74, 6) is 0.354. The van der Waals surface area contributed by atoms with Gasteiger partial charge in [0.25, 0.3) is 5.91 Å². The number of carbonyl (C=O) groups is 1. The van der Waals surface area contributed by atoms with E-state index in [1.165, 1.54) is 6.07 Å². The molecule has 0 aliphatic rings. The van der Waals surface area contributed by atoms with Gasteiger partial charge in [0.15, 0.2) is 6.61 Å². The van der Waals surface area contributed by atoms with Crippen molar-refractivity contribution in [1.82, 2.24) is 10.6 Å². The third-order valence-corrected chi connectivity index (χ3v) is 3.67. The lowest BCUT2D eigenvalue weighted by Crippen LogP contribution is -2.43. The van der Waals surface area contributed by atoms with Crippen LogP contribution in [0, 0.1) is 5.82 Å². The van der Waals surface area contributed by atoms with Crippen molar-refractivity contribution in [3.63, 3.8) is 0 Å². The minimum atomic E-state index is -0.265. The van der Waals surface area contributed by atoms with Crippen LogP contribution in [0.1, 0.15) is 31.9 Å². The van der Waals surface area contributed by atoms with Gasteiger partial charge in [-0.25, -0.2) is 4.39 Å². The Labute approximate surface area is 154 Å². The number of carbonyl (C=O) groups excluding carboxylic acids is 1. The largest absolute Gasteiger partial charge is 0.484 e. The lowest BCUT2D eigenvalue weighted by atomic mass is 10.1. The summed E-state index contributed by atoms with van der Waals surface area (Å²) in [4.78, 5) is 11.7. The van der Waals surface area contributed by atoms with Gasteiger partial charge in [-0.2, -0.15) is 0 Å². The molecule has 0 bridgehead atoms. The number of hydrogen-bond acceptors (Lipinski definition) is 3. The van der Waals surface area contributed by atoms with E-state index >= 15 is 0 Å². The maximum atomic E-state index is 13.5. The van der Waals surface area contributed by atoms with Crippen LogP contribution in [-0.2, 0) is 17.8 Å². The molecule has 5 heteroatoms. The Morgan fingerprint density at radius 3 is 2.42 bits per heavy atom. The lowest BCUT2D eigenvalue weighted by Gasteiger charge is -2.20. The van der Waals surface area contributed by atoms with Crippen LogP contribution in [0.4, 0.5) is 4.39 Å². The molecule has 0 fully saturated rings. The predicted molar refractivity (Wildman–Crippen MR) is 102 cm³/mol. The highest BCUT2D eigenvalue weighted by atomic mass is 19.1. The minimum Gasteiger partial charge on any atom is -0.484 e. The average Bonchev–Trinajstić information content (AvgIpc) is 2.58. The van der Waals surface area contributed by atoms with E-state index in [1.54, 1.807) is 12.1 Å². The van der Waals surface area contributed by atoms with Gasteiger partial charge in [0.1, 0.15) is 11.6 Å². The van der Waals surface area contributed by atoms with E-state index < -0.39 is 0 Å². The first-order valence-electron chi connectivity index (χ1n) is 8.80. The van der Waals surface area contributed by atoms with Crippen molar-refractivity contribution < 1.29 is 13.9 Å². The summed E-state index contributed by atoms with van der Waals surface area (Å²) in [6.07, 6.45) is 0.650. The molecule has 0 aliphatic heterocycles. The standard InChI is InChI=1S/C21H27FN2O2/c1-21(2,3)24-20(25)15-26-18-10-8-16(9-11-18)14-23-13-12-17-6-4-5-7-19(17)22/h4-11,23H,12-15H2,1-3H3,(H,24,25). The fraction of sp³-hybridized carbons (Fsp3) is 0.381. The van der Waals surface area contributed by atoms with Crippen molar-refractivity contribution in [2.24, 2.45) is 0 Å². The number of nitrogens with one attached hydrogen (secondary N) is 2. The van der Waals surface area contributed by atoms with Crippen molar-refractivity contribution in [2.75, 3.05) is 13.2 Å². The first-order chi connectivity index (χ1) is 12.3. The lowest BCUT2D eigenvalue weighted by molar-refractivity contribution is -0.124. The van der Waals surface area contributed by atoms with Crippen molar-refractivity contribution in [3.05, 3.63) is 65.5 Å². The molecular formula is C21H27FN2O2. The maximum absolute atomic E-state index is 13.5. The van der Waals surface area contributed by atoms with Gasteiger partial charge in [-0.3, -0.25) is 4.79 Å². The van der Waals surface area contributed by atoms with Crippen LogP contribution in [-0.4, -0.2) is 24.6 Å². The molecule has 2 rings (SSSR count). The fourth-order valence-electron chi connectivity index (χ4n) is 2.46. The van der Waals surface area contributed by atoms with Crippen LogP contribution < -0.4 is 15.4 Å². The molecule has 0 aromatic heterocycles. The van der Waals surface area contributed by atoms with E-state index in [2.05, 4.69) is 10.6 Å². The van der Waals surface area contributed by atoms with E-state index in [1.807, 2.05) is 51.1 Å². The van der Waals surface area contributed by atoms with Gasteiger partial charge >= 0.3 is 0 Å². The van der Waals surface area contributed by atoms with Crippen LogP contribution in [0.3, 0.4) is 0 Å². The van der Waals surface area contributed by atoms with Crippen molar-refractivity contribution in [2.45, 2.75) is 39.3 Å². The number of rotatable bonds is 8. The average molecular weight is 358 g/mol. The summed E-state index contributed by atoms with van der Waals surface area (Å²) in [5, 5.41) is 6.15. The first kappa shape index (κ1) is 19.9. The third-order valence-electron chi connectivity index (χ3n) is 3.67. The van der Waals surface area contributed by atoms with Gasteiger partial charge < -0.3 is 15.4 Å². The molecule has 2 N–H and O–H groups in total. The second-order valence-electron chi connectivity index (χ2n) is 7.25. The Hall–Kier alpha value is -2.40. The zero-order chi connectivity index (χ0) is 19.0. The topological polar surface area (TPSA) is 50.4 Å². The number of amides is 1. The number of ether oxygens (including phenoxy) is 1. The minimum absolute atomic E-state index is 0.00247. The van der Waals surface area contributed by atoms with Crippen LogP contribution >= 0.6 is 0 Å². The van der Waals surface area contributed by atoms with Gasteiger partial charge in [-0.15, -0.1) is 0 Å². The maximum Gasteiger partial charge on any atom is 0.258 e. The van der Waals surface area contributed by atoms with Crippen LogP contribution in [0.2, 0.25) is 0 Å². The Balaban J connectivity index is 1.70. The highest BCUT2D eigenvalue weighted by Gasteiger charge is 2.13. The first-order valence-corrected chi connectivity index (χ1v) is 8.80. The molecule has 0 atom stereocenters. The highest BCUT2D eigenvalue weighted by molar-refractivity contribution is 5.78. The van der Waals surface area contributed by atoms with Crippen LogP contribution in [0.5, 0.6) is 5.75 Å². The van der Waals surface area contributed by atoms with E-state index in [0.29, 0.717) is 25.3 Å². The molecule has 0 spiro atoms. The Morgan fingerprint density at radius 1 is 1.08 bits per heavy atom. The van der Waals surface area contributed by atoms with Crippen molar-refractivity contribution >= 4 is 5.91 Å². The summed E-state index contributed by atoms with van der Waals surface area (Å²) < 4.78 is 19.0. The van der Waals surface area contributed by atoms with Gasteiger partial charge in [0.05, 0.1) is 0 Å². The third kappa shape index (κ3) is 7.23. The SMILES string of the molecule is CC(C)(C)NC(=O)COc1ccc(CNCCc2ccccc2F)cc1. The van der Waals surface area contributed by atoms with Gasteiger partial charge in [-0.1, -0.05) is 30.3 Å². The smallest absolute Gasteiger partial charge is 0.258 e. The summed E-state index contributed by atoms with van der Waals surface area (Å²) >= 11 is 0. The Morgan fingerprint density at radius 2 is 1.77 bits per heavy atom. The summed E-state index contributed by atoms with van der Waals surface area (Å²) in [6.45, 7) is 7.18. The van der Waals surface area contributed by atoms with Crippen LogP contribution in [0.15, 0.2) is 48.5 Å². The zero-order valence-corrected chi connectivity index (χ0v) is 15.6. The summed E-state index contributed by atoms with van der Waals surface area (Å²) in [7, 11) is 0. The van der Waals surface area contributed by atoms with E-state index in [-0.39, 0.29) is 23.9 Å². The highest BCUT2D eigenvalue weighted by Crippen LogP contribution is 2.12. The molecule has 140 valence electrons. The second-order valence-corrected chi connectivity index (χ2v) is 7.25. The Bertz CT molecular complexity index is 709. The summed E-state index contributed by atoms with van der Waals surface area (Å²) in [6, 6.07) is 14.4. The molecule has 4 nitrogen and oxygen atoms in total. The van der Waals surface area contributed by atoms with Gasteiger partial charge in [-0.05, 0) is 63.1 Å². The molecule has 2 aromatic carbocycles. The molecule has 0 saturated heterocycles. The molecule has 0 unspecified atom stereocenters. The molecule has 2 aromatic rings. The molecule has 26 heavy (non-hydrogen) atoms. The van der Waals surface area contributed by atoms with E-state index in [9.17, 15) is 9.18 Å².